The van der Waals surface area contributed by atoms with Crippen LogP contribution in [0, 0.1) is 11.8 Å². The molecule has 0 spiro atoms. The molecule has 1 N–H and O–H groups in total. The van der Waals surface area contributed by atoms with Gasteiger partial charge in [-0.05, 0) is 30.5 Å². The number of fused-ring (bicyclic) bond motifs is 2. The predicted octanol–water partition coefficient (Wildman–Crippen LogP) is 5.32. The van der Waals surface area contributed by atoms with Crippen molar-refractivity contribution in [2.75, 3.05) is 6.54 Å². The van der Waals surface area contributed by atoms with E-state index in [0.29, 0.717) is 18.4 Å². The minimum absolute atomic E-state index is 0.121. The highest BCUT2D eigenvalue weighted by atomic mass is 16.5. The van der Waals surface area contributed by atoms with Crippen molar-refractivity contribution in [3.8, 4) is 5.75 Å². The van der Waals surface area contributed by atoms with Crippen LogP contribution in [0.5, 0.6) is 5.75 Å². The Morgan fingerprint density at radius 1 is 0.971 bits per heavy atom. The lowest BCUT2D eigenvalue weighted by atomic mass is 9.73. The van der Waals surface area contributed by atoms with Gasteiger partial charge in [-0.3, -0.25) is 0 Å². The molecule has 2 saturated carbocycles. The maximum absolute atomic E-state index is 12.1. The van der Waals surface area contributed by atoms with E-state index >= 15 is 0 Å². The van der Waals surface area contributed by atoms with Crippen LogP contribution in [0.2, 0.25) is 0 Å². The molecular weight excluding hydrogens is 424 g/mol. The number of aliphatic hydroxyl groups is 1. The number of hydrogen-bond acceptors (Lipinski definition) is 4. The molecule has 2 bridgehead atoms. The summed E-state index contributed by atoms with van der Waals surface area (Å²) in [6.07, 6.45) is 9.69. The van der Waals surface area contributed by atoms with Crippen LogP contribution in [0.1, 0.15) is 62.2 Å². The monoisotopic (exact) mass is 457 g/mol. The van der Waals surface area contributed by atoms with E-state index in [1.165, 1.54) is 12.1 Å². The van der Waals surface area contributed by atoms with Crippen molar-refractivity contribution in [2.24, 2.45) is 11.8 Å². The normalized spacial score (nSPS) is 24.4. The molecule has 0 amide bonds. The van der Waals surface area contributed by atoms with Gasteiger partial charge in [0.15, 0.2) is 29.7 Å². The molecule has 4 aliphatic rings. The number of para-hydroxylation sites is 1. The Morgan fingerprint density at radius 3 is 2.41 bits per heavy atom. The van der Waals surface area contributed by atoms with E-state index in [1.807, 2.05) is 66.9 Å². The molecule has 176 valence electrons. The maximum Gasteiger partial charge on any atom is 0.231 e. The molecule has 34 heavy (non-hydrogen) atoms. The van der Waals surface area contributed by atoms with Crippen LogP contribution in [-0.2, 0) is 12.1 Å². The van der Waals surface area contributed by atoms with Gasteiger partial charge in [0, 0.05) is 24.7 Å². The van der Waals surface area contributed by atoms with Crippen LogP contribution in [0.3, 0.4) is 0 Å². The molecule has 0 unspecified atom stereocenters. The Bertz CT molecular complexity index is 1140. The Morgan fingerprint density at radius 2 is 1.68 bits per heavy atom. The Balaban J connectivity index is 1.23. The highest BCUT2D eigenvalue weighted by Gasteiger charge is 2.47. The number of benzene rings is 2. The molecular formula is C29H33N2O3+. The van der Waals surface area contributed by atoms with E-state index in [1.54, 1.807) is 0 Å². The van der Waals surface area contributed by atoms with E-state index in [0.717, 1.165) is 62.1 Å². The van der Waals surface area contributed by atoms with E-state index in [2.05, 4.69) is 9.56 Å². The molecule has 2 aliphatic heterocycles. The molecule has 2 atom stereocenters. The summed E-state index contributed by atoms with van der Waals surface area (Å²) < 4.78 is 15.0. The zero-order valence-corrected chi connectivity index (χ0v) is 19.6. The smallest absolute Gasteiger partial charge is 0.231 e. The summed E-state index contributed by atoms with van der Waals surface area (Å²) >= 11 is 0. The Labute approximate surface area is 201 Å². The summed E-state index contributed by atoms with van der Waals surface area (Å²) in [6, 6.07) is 20.1. The van der Waals surface area contributed by atoms with E-state index in [9.17, 15) is 5.11 Å². The number of hydrogen-bond donors (Lipinski definition) is 1. The van der Waals surface area contributed by atoms with Gasteiger partial charge < -0.3 is 14.3 Å². The van der Waals surface area contributed by atoms with Crippen molar-refractivity contribution in [1.29, 1.82) is 0 Å². The quantitative estimate of drug-likeness (QED) is 0.488. The summed E-state index contributed by atoms with van der Waals surface area (Å²) in [6.45, 7) is 1.52. The zero-order chi connectivity index (χ0) is 23.0. The SMILES string of the molecule is O[C@](c1ccccc1)(c1ncc(C[N+]2=C3CC(C3)[C@H](Oc3ccccc3)C2)o1)C1CCCCC1. The lowest BCUT2D eigenvalue weighted by Gasteiger charge is -2.38. The summed E-state index contributed by atoms with van der Waals surface area (Å²) in [7, 11) is 0. The first kappa shape index (κ1) is 21.6. The van der Waals surface area contributed by atoms with Gasteiger partial charge in [-0.2, -0.15) is 0 Å². The van der Waals surface area contributed by atoms with Crippen molar-refractivity contribution in [2.45, 2.75) is 63.2 Å². The average Bonchev–Trinajstić information content (AvgIpc) is 3.33. The first-order chi connectivity index (χ1) is 16.7. The summed E-state index contributed by atoms with van der Waals surface area (Å²) in [5, 5.41) is 12.1. The first-order valence-electron chi connectivity index (χ1n) is 12.7. The second-order valence-electron chi connectivity index (χ2n) is 10.2. The third-order valence-corrected chi connectivity index (χ3v) is 8.04. The fourth-order valence-corrected chi connectivity index (χ4v) is 6.04. The zero-order valence-electron chi connectivity index (χ0n) is 19.6. The van der Waals surface area contributed by atoms with Crippen molar-refractivity contribution < 1.29 is 18.8 Å². The molecule has 2 aromatic carbocycles. The van der Waals surface area contributed by atoms with Gasteiger partial charge in [0.05, 0.1) is 6.20 Å². The standard InChI is InChI=1S/C29H33N2O3/c32-29(22-10-4-1-5-11-22,23-12-6-2-7-13-23)28-30-18-26(34-28)19-31-20-27(21-16-24(31)17-21)33-25-14-8-3-9-15-25/h1,3-5,8-11,14-15,18,21,23,27,32H,2,6-7,12-13,16-17,19-20H2/q+1/t27-,29+/m1/s1. The number of rotatable bonds is 7. The van der Waals surface area contributed by atoms with Gasteiger partial charge in [0.2, 0.25) is 12.4 Å². The third kappa shape index (κ3) is 3.96. The lowest BCUT2D eigenvalue weighted by Crippen LogP contribution is -2.52. The lowest BCUT2D eigenvalue weighted by molar-refractivity contribution is -0.569. The molecule has 2 fully saturated rings. The topological polar surface area (TPSA) is 58.5 Å². The molecule has 3 aromatic rings. The third-order valence-electron chi connectivity index (χ3n) is 8.04. The minimum atomic E-state index is -1.19. The molecule has 2 aliphatic carbocycles. The van der Waals surface area contributed by atoms with E-state index < -0.39 is 5.60 Å². The fourth-order valence-electron chi connectivity index (χ4n) is 6.04. The van der Waals surface area contributed by atoms with Crippen LogP contribution in [0.15, 0.2) is 71.3 Å². The van der Waals surface area contributed by atoms with Gasteiger partial charge in [-0.25, -0.2) is 9.56 Å². The van der Waals surface area contributed by atoms with Crippen LogP contribution in [0.25, 0.3) is 0 Å². The second-order valence-corrected chi connectivity index (χ2v) is 10.2. The van der Waals surface area contributed by atoms with Crippen LogP contribution >= 0.6 is 0 Å². The Hall–Kier alpha value is -2.92. The second kappa shape index (κ2) is 9.03. The largest absolute Gasteiger partial charge is 0.484 e. The van der Waals surface area contributed by atoms with Crippen LogP contribution in [-0.4, -0.2) is 33.0 Å². The summed E-state index contributed by atoms with van der Waals surface area (Å²) in [5.41, 5.74) is 1.16. The summed E-state index contributed by atoms with van der Waals surface area (Å²) in [5.74, 6) is 2.90. The van der Waals surface area contributed by atoms with Crippen molar-refractivity contribution in [3.05, 3.63) is 84.1 Å². The van der Waals surface area contributed by atoms with E-state index in [-0.39, 0.29) is 12.0 Å². The number of oxazole rings is 1. The predicted molar refractivity (Wildman–Crippen MR) is 130 cm³/mol. The molecule has 0 radical (unpaired) electrons. The molecule has 5 nitrogen and oxygen atoms in total. The summed E-state index contributed by atoms with van der Waals surface area (Å²) in [4.78, 5) is 4.65. The molecule has 0 saturated heterocycles. The molecule has 1 aromatic heterocycles. The molecule has 7 rings (SSSR count). The van der Waals surface area contributed by atoms with Gasteiger partial charge in [0.25, 0.3) is 0 Å². The van der Waals surface area contributed by atoms with Crippen molar-refractivity contribution >= 4 is 5.71 Å². The van der Waals surface area contributed by atoms with Gasteiger partial charge in [-0.15, -0.1) is 0 Å². The maximum atomic E-state index is 12.1. The van der Waals surface area contributed by atoms with Gasteiger partial charge in [0.1, 0.15) is 5.75 Å². The number of aromatic nitrogens is 1. The first-order valence-corrected chi connectivity index (χ1v) is 12.7. The van der Waals surface area contributed by atoms with Gasteiger partial charge in [-0.1, -0.05) is 67.8 Å². The van der Waals surface area contributed by atoms with E-state index in [4.69, 9.17) is 9.15 Å². The Kier molecular flexibility index (Phi) is 5.74. The number of ether oxygens (including phenoxy) is 1. The minimum Gasteiger partial charge on any atom is -0.484 e. The van der Waals surface area contributed by atoms with Crippen LogP contribution < -0.4 is 4.74 Å². The highest BCUT2D eigenvalue weighted by Crippen LogP contribution is 2.44. The van der Waals surface area contributed by atoms with Crippen molar-refractivity contribution in [3.63, 3.8) is 0 Å². The highest BCUT2D eigenvalue weighted by molar-refractivity contribution is 5.86. The fraction of sp³-hybridized carbons (Fsp3) is 0.448. The van der Waals surface area contributed by atoms with Crippen molar-refractivity contribution in [1.82, 2.24) is 4.98 Å². The van der Waals surface area contributed by atoms with Crippen LogP contribution in [0.4, 0.5) is 0 Å². The van der Waals surface area contributed by atoms with Gasteiger partial charge >= 0.3 is 0 Å². The molecule has 5 heteroatoms. The number of nitrogens with zero attached hydrogens (tertiary/aromatic N) is 2. The molecule has 3 heterocycles. The average molecular weight is 458 g/mol.